The van der Waals surface area contributed by atoms with Gasteiger partial charge in [0, 0.05) is 29.6 Å². The predicted molar refractivity (Wildman–Crippen MR) is 108 cm³/mol. The van der Waals surface area contributed by atoms with Gasteiger partial charge < -0.3 is 10.3 Å². The predicted octanol–water partition coefficient (Wildman–Crippen LogP) is 2.14. The summed E-state index contributed by atoms with van der Waals surface area (Å²) in [5.41, 5.74) is 8.26. The van der Waals surface area contributed by atoms with Crippen LogP contribution in [-0.4, -0.2) is 34.0 Å². The van der Waals surface area contributed by atoms with Crippen LogP contribution in [0.4, 0.5) is 14.6 Å². The van der Waals surface area contributed by atoms with Crippen LogP contribution in [0.3, 0.4) is 0 Å². The molecule has 4 aromatic rings. The van der Waals surface area contributed by atoms with Crippen molar-refractivity contribution < 1.29 is 17.5 Å². The third-order valence-corrected chi connectivity index (χ3v) is 4.82. The van der Waals surface area contributed by atoms with Crippen molar-refractivity contribution >= 4 is 17.1 Å². The lowest BCUT2D eigenvalue weighted by Gasteiger charge is -2.11. The van der Waals surface area contributed by atoms with Crippen molar-refractivity contribution in [2.24, 2.45) is 0 Å². The van der Waals surface area contributed by atoms with Gasteiger partial charge in [0.05, 0.1) is 5.56 Å². The minimum absolute atomic E-state index is 0.0796. The summed E-state index contributed by atoms with van der Waals surface area (Å²) < 4.78 is 52.8. The Kier molecular flexibility index (Phi) is 5.75. The van der Waals surface area contributed by atoms with Crippen LogP contribution in [-0.2, 0) is 17.8 Å². The number of pyridine rings is 1. The molecule has 0 bridgehead atoms. The molecule has 12 heteroatoms. The highest BCUT2D eigenvalue weighted by Gasteiger charge is 2.19. The van der Waals surface area contributed by atoms with Crippen molar-refractivity contribution in [1.82, 2.24) is 29.9 Å². The van der Waals surface area contributed by atoms with Gasteiger partial charge in [0.25, 0.3) is 0 Å². The van der Waals surface area contributed by atoms with E-state index in [1.807, 2.05) is 6.07 Å². The highest BCUT2D eigenvalue weighted by Crippen LogP contribution is 2.30. The van der Waals surface area contributed by atoms with Crippen molar-refractivity contribution in [3.63, 3.8) is 0 Å². The van der Waals surface area contributed by atoms with E-state index in [-0.39, 0.29) is 23.9 Å². The van der Waals surface area contributed by atoms with Gasteiger partial charge >= 0.3 is 0 Å². The van der Waals surface area contributed by atoms with Crippen molar-refractivity contribution in [2.75, 3.05) is 5.73 Å². The maximum atomic E-state index is 14.3. The second kappa shape index (κ2) is 8.63. The van der Waals surface area contributed by atoms with Crippen LogP contribution in [0.25, 0.3) is 28.2 Å². The van der Waals surface area contributed by atoms with Crippen LogP contribution >= 0.6 is 0 Å². The molecular formula is C19H14F2N7O2S-. The van der Waals surface area contributed by atoms with Crippen LogP contribution in [0.1, 0.15) is 5.56 Å². The Hall–Kier alpha value is -3.61. The Labute approximate surface area is 177 Å². The first-order chi connectivity index (χ1) is 14.9. The molecule has 2 aromatic carbocycles. The van der Waals surface area contributed by atoms with Crippen LogP contribution in [0.5, 0.6) is 0 Å². The maximum absolute atomic E-state index is 14.3. The molecule has 0 amide bonds. The van der Waals surface area contributed by atoms with Gasteiger partial charge in [0.2, 0.25) is 0 Å². The molecule has 1 atom stereocenters. The fraction of sp³-hybridized carbons (Fsp3) is 0.0526. The fourth-order valence-corrected chi connectivity index (χ4v) is 3.27. The molecule has 2 aromatic heterocycles. The molecule has 0 fully saturated rings. The van der Waals surface area contributed by atoms with E-state index in [9.17, 15) is 17.5 Å². The first-order valence-electron chi connectivity index (χ1n) is 8.85. The smallest absolute Gasteiger partial charge is 0.190 e. The van der Waals surface area contributed by atoms with Crippen LogP contribution < -0.4 is 10.5 Å². The minimum Gasteiger partial charge on any atom is -0.760 e. The summed E-state index contributed by atoms with van der Waals surface area (Å²) in [6.45, 7) is 0.121. The molecule has 9 nitrogen and oxygen atoms in total. The Morgan fingerprint density at radius 3 is 2.74 bits per heavy atom. The summed E-state index contributed by atoms with van der Waals surface area (Å²) >= 11 is -2.38. The molecule has 0 spiro atoms. The number of hydrogen-bond acceptors (Lipinski definition) is 7. The van der Waals surface area contributed by atoms with E-state index in [0.29, 0.717) is 11.1 Å². The average molecular weight is 442 g/mol. The molecule has 0 radical (unpaired) electrons. The Morgan fingerprint density at radius 1 is 1.13 bits per heavy atom. The topological polar surface area (TPSA) is 135 Å². The molecule has 3 N–H and O–H groups in total. The number of nitrogens with two attached hydrogens (primary N) is 1. The fourth-order valence-electron chi connectivity index (χ4n) is 2.99. The zero-order valence-corrected chi connectivity index (χ0v) is 16.5. The average Bonchev–Trinajstić information content (AvgIpc) is 3.24. The molecule has 1 unspecified atom stereocenters. The number of tetrazole rings is 1. The first kappa shape index (κ1) is 20.7. The summed E-state index contributed by atoms with van der Waals surface area (Å²) in [4.78, 5) is 4.18. The number of aromatic nitrogens is 5. The second-order valence-corrected chi connectivity index (χ2v) is 7.16. The molecule has 2 heterocycles. The van der Waals surface area contributed by atoms with Gasteiger partial charge in [-0.15, -0.1) is 5.10 Å². The largest absolute Gasteiger partial charge is 0.760 e. The molecule has 0 aliphatic rings. The molecule has 0 aliphatic carbocycles. The van der Waals surface area contributed by atoms with E-state index in [0.717, 1.165) is 21.9 Å². The minimum atomic E-state index is -2.38. The third kappa shape index (κ3) is 4.30. The molecule has 0 aliphatic heterocycles. The number of nitrogens with one attached hydrogen (secondary N) is 1. The van der Waals surface area contributed by atoms with Gasteiger partial charge in [0.15, 0.2) is 17.5 Å². The van der Waals surface area contributed by atoms with E-state index in [2.05, 4.69) is 25.2 Å². The van der Waals surface area contributed by atoms with Gasteiger partial charge in [-0.05, 0) is 45.8 Å². The molecule has 158 valence electrons. The summed E-state index contributed by atoms with van der Waals surface area (Å²) in [6, 6.07) is 12.5. The maximum Gasteiger partial charge on any atom is 0.190 e. The number of rotatable bonds is 6. The Bertz CT molecular complexity index is 1280. The van der Waals surface area contributed by atoms with E-state index in [1.165, 1.54) is 18.3 Å². The molecule has 31 heavy (non-hydrogen) atoms. The summed E-state index contributed by atoms with van der Waals surface area (Å²) in [7, 11) is 0. The van der Waals surface area contributed by atoms with Gasteiger partial charge in [-0.3, -0.25) is 4.21 Å². The van der Waals surface area contributed by atoms with E-state index < -0.39 is 22.9 Å². The van der Waals surface area contributed by atoms with Crippen molar-refractivity contribution in [1.29, 1.82) is 0 Å². The van der Waals surface area contributed by atoms with Crippen molar-refractivity contribution in [3.05, 3.63) is 71.9 Å². The van der Waals surface area contributed by atoms with E-state index in [1.54, 1.807) is 24.3 Å². The number of nitrogen functional groups attached to an aromatic ring is 1. The number of benzene rings is 2. The Morgan fingerprint density at radius 2 is 1.94 bits per heavy atom. The third-order valence-electron chi connectivity index (χ3n) is 4.44. The Balaban J connectivity index is 1.76. The van der Waals surface area contributed by atoms with Gasteiger partial charge in [-0.2, -0.15) is 4.68 Å². The zero-order chi connectivity index (χ0) is 22.0. The lowest BCUT2D eigenvalue weighted by atomic mass is 10.0. The molecular weight excluding hydrogens is 428 g/mol. The highest BCUT2D eigenvalue weighted by atomic mass is 32.2. The number of nitrogens with zero attached hydrogens (tertiary/aromatic N) is 5. The van der Waals surface area contributed by atoms with E-state index in [4.69, 9.17) is 5.73 Å². The van der Waals surface area contributed by atoms with Gasteiger partial charge in [-0.1, -0.05) is 24.3 Å². The standard InChI is InChI=1S/C19H15F2N7O2S/c20-15-5-2-6-16(17(15)21)28-19(25-26-27-28)14-8-13(10-23-18(14)22)12-4-1-3-11(7-12)9-24-31(29)30/h1-8,10,24H,9H2,(H2,22,23)(H,29,30)/p-1. The summed E-state index contributed by atoms with van der Waals surface area (Å²) in [5, 5.41) is 11.2. The van der Waals surface area contributed by atoms with Crippen LogP contribution in [0.2, 0.25) is 0 Å². The molecule has 0 saturated carbocycles. The number of anilines is 1. The van der Waals surface area contributed by atoms with Gasteiger partial charge in [-0.25, -0.2) is 18.5 Å². The summed E-state index contributed by atoms with van der Waals surface area (Å²) in [6.07, 6.45) is 1.54. The number of hydrogen-bond donors (Lipinski definition) is 2. The highest BCUT2D eigenvalue weighted by molar-refractivity contribution is 7.77. The summed E-state index contributed by atoms with van der Waals surface area (Å²) in [5.74, 6) is -1.97. The quantitative estimate of drug-likeness (QED) is 0.437. The van der Waals surface area contributed by atoms with E-state index >= 15 is 0 Å². The van der Waals surface area contributed by atoms with Gasteiger partial charge in [0.1, 0.15) is 11.5 Å². The lowest BCUT2D eigenvalue weighted by Crippen LogP contribution is -2.15. The first-order valence-corrected chi connectivity index (χ1v) is 9.92. The normalized spacial score (nSPS) is 12.1. The van der Waals surface area contributed by atoms with Crippen LogP contribution in [0, 0.1) is 11.6 Å². The van der Waals surface area contributed by atoms with Crippen LogP contribution in [0.15, 0.2) is 54.7 Å². The lowest BCUT2D eigenvalue weighted by molar-refractivity contribution is 0.501. The second-order valence-electron chi connectivity index (χ2n) is 6.40. The zero-order valence-electron chi connectivity index (χ0n) is 15.7. The van der Waals surface area contributed by atoms with Crippen molar-refractivity contribution in [2.45, 2.75) is 6.54 Å². The van der Waals surface area contributed by atoms with Crippen molar-refractivity contribution in [3.8, 4) is 28.2 Å². The number of halogens is 2. The molecule has 4 rings (SSSR count). The monoisotopic (exact) mass is 442 g/mol. The SMILES string of the molecule is Nc1ncc(-c2cccc(CNS(=O)[O-])c2)cc1-c1nnnn1-c1cccc(F)c1F. The molecule has 0 saturated heterocycles.